The van der Waals surface area contributed by atoms with E-state index in [-0.39, 0.29) is 0 Å². The van der Waals surface area contributed by atoms with Gasteiger partial charge in [0.2, 0.25) is 0 Å². The molecule has 17 heavy (non-hydrogen) atoms. The van der Waals surface area contributed by atoms with E-state index in [9.17, 15) is 0 Å². The Labute approximate surface area is 100 Å². The first kappa shape index (κ1) is 10.6. The maximum atomic E-state index is 5.80. The summed E-state index contributed by atoms with van der Waals surface area (Å²) in [6.07, 6.45) is 3.46. The van der Waals surface area contributed by atoms with Crippen molar-refractivity contribution in [2.75, 3.05) is 18.0 Å². The number of rotatable bonds is 5. The Morgan fingerprint density at radius 1 is 1.35 bits per heavy atom. The van der Waals surface area contributed by atoms with E-state index in [1.165, 1.54) is 12.8 Å². The van der Waals surface area contributed by atoms with E-state index >= 15 is 0 Å². The van der Waals surface area contributed by atoms with Gasteiger partial charge in [0.15, 0.2) is 5.58 Å². The molecule has 1 aromatic carbocycles. The number of fused-ring (bicyclic) bond motifs is 1. The third-order valence-corrected chi connectivity index (χ3v) is 3.12. The Kier molecular flexibility index (Phi) is 2.73. The highest BCUT2D eigenvalue weighted by Gasteiger charge is 2.31. The van der Waals surface area contributed by atoms with E-state index in [1.54, 1.807) is 0 Å². The molecule has 2 N–H and O–H groups in total. The maximum absolute atomic E-state index is 5.80. The first-order valence-corrected chi connectivity index (χ1v) is 6.21. The zero-order valence-corrected chi connectivity index (χ0v) is 9.80. The molecule has 0 radical (unpaired) electrons. The Hall–Kier alpha value is -1.55. The number of oxazole rings is 1. The van der Waals surface area contributed by atoms with Crippen LogP contribution in [0, 0.1) is 0 Å². The van der Waals surface area contributed by atoms with Crippen molar-refractivity contribution < 1.29 is 4.42 Å². The van der Waals surface area contributed by atoms with Crippen LogP contribution in [0.3, 0.4) is 0 Å². The molecule has 4 heteroatoms. The third-order valence-electron chi connectivity index (χ3n) is 3.12. The van der Waals surface area contributed by atoms with Crippen LogP contribution in [-0.2, 0) is 0 Å². The number of nitrogens with two attached hydrogens (primary N) is 1. The molecule has 90 valence electrons. The third kappa shape index (κ3) is 2.13. The average molecular weight is 231 g/mol. The lowest BCUT2D eigenvalue weighted by Crippen LogP contribution is -2.28. The van der Waals surface area contributed by atoms with Gasteiger partial charge >= 0.3 is 0 Å². The SMILES string of the molecule is NCCCN(c1nc2ccccc2o1)C1CC1. The Bertz CT molecular complexity index is 471. The highest BCUT2D eigenvalue weighted by molar-refractivity contribution is 5.74. The van der Waals surface area contributed by atoms with Gasteiger partial charge in [-0.05, 0) is 37.9 Å². The monoisotopic (exact) mass is 231 g/mol. The number of nitrogens with zero attached hydrogens (tertiary/aromatic N) is 2. The van der Waals surface area contributed by atoms with Crippen molar-refractivity contribution in [1.29, 1.82) is 0 Å². The summed E-state index contributed by atoms with van der Waals surface area (Å²) in [6, 6.07) is 9.25. The van der Waals surface area contributed by atoms with Crippen LogP contribution in [-0.4, -0.2) is 24.1 Å². The topological polar surface area (TPSA) is 55.3 Å². The zero-order valence-electron chi connectivity index (χ0n) is 9.80. The number of hydrogen-bond donors (Lipinski definition) is 1. The molecule has 1 saturated carbocycles. The van der Waals surface area contributed by atoms with Gasteiger partial charge in [-0.1, -0.05) is 12.1 Å². The second-order valence-corrected chi connectivity index (χ2v) is 4.53. The lowest BCUT2D eigenvalue weighted by atomic mass is 10.3. The lowest BCUT2D eigenvalue weighted by Gasteiger charge is -2.19. The normalized spacial score (nSPS) is 15.4. The minimum Gasteiger partial charge on any atom is -0.423 e. The van der Waals surface area contributed by atoms with Crippen molar-refractivity contribution in [2.24, 2.45) is 5.73 Å². The fraction of sp³-hybridized carbons (Fsp3) is 0.462. The first-order valence-electron chi connectivity index (χ1n) is 6.21. The molecule has 0 bridgehead atoms. The number of para-hydroxylation sites is 2. The molecule has 0 amide bonds. The van der Waals surface area contributed by atoms with E-state index in [4.69, 9.17) is 10.2 Å². The molecule has 1 fully saturated rings. The van der Waals surface area contributed by atoms with Crippen LogP contribution in [0.2, 0.25) is 0 Å². The lowest BCUT2D eigenvalue weighted by molar-refractivity contribution is 0.557. The van der Waals surface area contributed by atoms with Crippen molar-refractivity contribution in [3.05, 3.63) is 24.3 Å². The molecule has 0 atom stereocenters. The molecule has 0 aliphatic heterocycles. The van der Waals surface area contributed by atoms with Gasteiger partial charge in [0.25, 0.3) is 6.01 Å². The quantitative estimate of drug-likeness (QED) is 0.856. The van der Waals surface area contributed by atoms with Gasteiger partial charge in [-0.2, -0.15) is 4.98 Å². The van der Waals surface area contributed by atoms with Crippen LogP contribution < -0.4 is 10.6 Å². The standard InChI is InChI=1S/C13H17N3O/c14-8-3-9-16(10-6-7-10)13-15-11-4-1-2-5-12(11)17-13/h1-2,4-5,10H,3,6-9,14H2. The number of anilines is 1. The van der Waals surface area contributed by atoms with Gasteiger partial charge < -0.3 is 15.1 Å². The van der Waals surface area contributed by atoms with Crippen molar-refractivity contribution in [2.45, 2.75) is 25.3 Å². The second kappa shape index (κ2) is 4.37. The molecule has 1 heterocycles. The van der Waals surface area contributed by atoms with Gasteiger partial charge in [0.05, 0.1) is 0 Å². The molecule has 0 saturated heterocycles. The summed E-state index contributed by atoms with van der Waals surface area (Å²) in [5.74, 6) is 0. The van der Waals surface area contributed by atoms with E-state index in [0.717, 1.165) is 30.1 Å². The van der Waals surface area contributed by atoms with Gasteiger partial charge in [-0.25, -0.2) is 0 Å². The van der Waals surface area contributed by atoms with Crippen LogP contribution in [0.1, 0.15) is 19.3 Å². The van der Waals surface area contributed by atoms with Crippen molar-refractivity contribution in [3.63, 3.8) is 0 Å². The average Bonchev–Trinajstić information content (AvgIpc) is 3.09. The van der Waals surface area contributed by atoms with Crippen LogP contribution in [0.25, 0.3) is 11.1 Å². The largest absolute Gasteiger partial charge is 0.423 e. The van der Waals surface area contributed by atoms with Crippen LogP contribution >= 0.6 is 0 Å². The summed E-state index contributed by atoms with van der Waals surface area (Å²) < 4.78 is 5.80. The first-order chi connectivity index (χ1) is 8.38. The molecule has 1 aliphatic rings. The minimum absolute atomic E-state index is 0.606. The predicted octanol–water partition coefficient (Wildman–Crippen LogP) is 2.15. The van der Waals surface area contributed by atoms with Gasteiger partial charge in [0.1, 0.15) is 5.52 Å². The molecular weight excluding hydrogens is 214 g/mol. The van der Waals surface area contributed by atoms with E-state index in [2.05, 4.69) is 9.88 Å². The van der Waals surface area contributed by atoms with E-state index in [0.29, 0.717) is 12.6 Å². The van der Waals surface area contributed by atoms with Gasteiger partial charge in [0, 0.05) is 12.6 Å². The highest BCUT2D eigenvalue weighted by atomic mass is 16.4. The minimum atomic E-state index is 0.606. The highest BCUT2D eigenvalue weighted by Crippen LogP contribution is 2.32. The summed E-state index contributed by atoms with van der Waals surface area (Å²) in [5.41, 5.74) is 7.37. The number of aromatic nitrogens is 1. The number of hydrogen-bond acceptors (Lipinski definition) is 4. The summed E-state index contributed by atoms with van der Waals surface area (Å²) >= 11 is 0. The molecule has 4 nitrogen and oxygen atoms in total. The Morgan fingerprint density at radius 3 is 2.88 bits per heavy atom. The van der Waals surface area contributed by atoms with Crippen LogP contribution in [0.4, 0.5) is 6.01 Å². The molecule has 3 rings (SSSR count). The number of benzene rings is 1. The zero-order chi connectivity index (χ0) is 11.7. The molecule has 0 spiro atoms. The second-order valence-electron chi connectivity index (χ2n) is 4.53. The van der Waals surface area contributed by atoms with Crippen LogP contribution in [0.15, 0.2) is 28.7 Å². The molecule has 2 aromatic rings. The maximum Gasteiger partial charge on any atom is 0.298 e. The summed E-state index contributed by atoms with van der Waals surface area (Å²) in [5, 5.41) is 0. The van der Waals surface area contributed by atoms with E-state index < -0.39 is 0 Å². The predicted molar refractivity (Wildman–Crippen MR) is 68.0 cm³/mol. The Morgan fingerprint density at radius 2 is 2.18 bits per heavy atom. The molecule has 1 aliphatic carbocycles. The fourth-order valence-corrected chi connectivity index (χ4v) is 2.07. The van der Waals surface area contributed by atoms with Gasteiger partial charge in [-0.15, -0.1) is 0 Å². The van der Waals surface area contributed by atoms with Gasteiger partial charge in [-0.3, -0.25) is 0 Å². The summed E-state index contributed by atoms with van der Waals surface area (Å²) in [6.45, 7) is 1.65. The summed E-state index contributed by atoms with van der Waals surface area (Å²) in [4.78, 5) is 6.80. The van der Waals surface area contributed by atoms with E-state index in [1.807, 2.05) is 24.3 Å². The smallest absolute Gasteiger partial charge is 0.298 e. The summed E-state index contributed by atoms with van der Waals surface area (Å²) in [7, 11) is 0. The van der Waals surface area contributed by atoms with Crippen molar-refractivity contribution in [1.82, 2.24) is 4.98 Å². The molecule has 0 unspecified atom stereocenters. The molecular formula is C13H17N3O. The van der Waals surface area contributed by atoms with Crippen LogP contribution in [0.5, 0.6) is 0 Å². The van der Waals surface area contributed by atoms with Crippen molar-refractivity contribution in [3.8, 4) is 0 Å². The Balaban J connectivity index is 1.88. The fourth-order valence-electron chi connectivity index (χ4n) is 2.07. The van der Waals surface area contributed by atoms with Crippen molar-refractivity contribution >= 4 is 17.1 Å². The molecule has 1 aromatic heterocycles.